The van der Waals surface area contributed by atoms with Crippen LogP contribution in [-0.2, 0) is 16.0 Å². The molecule has 2 N–H and O–H groups in total. The van der Waals surface area contributed by atoms with Gasteiger partial charge in [0.15, 0.2) is 0 Å². The average molecular weight is 343 g/mol. The largest absolute Gasteiger partial charge is 0.463 e. The predicted octanol–water partition coefficient (Wildman–Crippen LogP) is 2.35. The molecule has 25 heavy (non-hydrogen) atoms. The first-order valence-corrected chi connectivity index (χ1v) is 8.83. The van der Waals surface area contributed by atoms with E-state index in [1.165, 1.54) is 5.56 Å². The van der Waals surface area contributed by atoms with Crippen molar-refractivity contribution in [2.24, 2.45) is 0 Å². The summed E-state index contributed by atoms with van der Waals surface area (Å²) >= 11 is 0. The third-order valence-electron chi connectivity index (χ3n) is 4.86. The number of ether oxygens (including phenoxy) is 1. The van der Waals surface area contributed by atoms with Crippen LogP contribution in [0, 0.1) is 0 Å². The molecule has 0 spiro atoms. The predicted molar refractivity (Wildman–Crippen MR) is 96.4 cm³/mol. The zero-order chi connectivity index (χ0) is 18.0. The molecular weight excluding hydrogens is 318 g/mol. The summed E-state index contributed by atoms with van der Waals surface area (Å²) in [5, 5.41) is 5.56. The molecule has 0 unspecified atom stereocenters. The van der Waals surface area contributed by atoms with Crippen molar-refractivity contribution < 1.29 is 14.3 Å². The van der Waals surface area contributed by atoms with E-state index in [9.17, 15) is 9.59 Å². The number of nitrogens with zero attached hydrogens (tertiary/aromatic N) is 1. The van der Waals surface area contributed by atoms with Crippen molar-refractivity contribution in [1.82, 2.24) is 10.6 Å². The molecule has 0 radical (unpaired) electrons. The van der Waals surface area contributed by atoms with Gasteiger partial charge in [0.1, 0.15) is 0 Å². The van der Waals surface area contributed by atoms with Crippen LogP contribution in [0.1, 0.15) is 32.8 Å². The number of para-hydroxylation sites is 1. The normalized spacial score (nSPS) is 22.8. The first-order valence-electron chi connectivity index (χ1n) is 8.83. The second kappa shape index (κ2) is 7.17. The summed E-state index contributed by atoms with van der Waals surface area (Å²) < 4.78 is 5.20. The maximum Gasteiger partial charge on any atom is 0.337 e. The van der Waals surface area contributed by atoms with Crippen LogP contribution in [0.3, 0.4) is 0 Å². The number of hydrogen-bond donors (Lipinski definition) is 2. The maximum absolute atomic E-state index is 12.4. The van der Waals surface area contributed by atoms with E-state index in [0.717, 1.165) is 18.5 Å². The van der Waals surface area contributed by atoms with Crippen LogP contribution in [0.5, 0.6) is 0 Å². The van der Waals surface area contributed by atoms with Crippen LogP contribution in [0.4, 0.5) is 10.5 Å². The average Bonchev–Trinajstić information content (AvgIpc) is 2.57. The maximum atomic E-state index is 12.4. The highest BCUT2D eigenvalue weighted by Gasteiger charge is 2.32. The number of esters is 1. The van der Waals surface area contributed by atoms with Gasteiger partial charge >= 0.3 is 12.0 Å². The third kappa shape index (κ3) is 3.48. The summed E-state index contributed by atoms with van der Waals surface area (Å²) in [6.07, 6.45) is 2.09. The molecule has 0 bridgehead atoms. The van der Waals surface area contributed by atoms with E-state index < -0.39 is 0 Å². The summed E-state index contributed by atoms with van der Waals surface area (Å²) in [6, 6.07) is 7.97. The van der Waals surface area contributed by atoms with E-state index in [4.69, 9.17) is 4.74 Å². The van der Waals surface area contributed by atoms with E-state index in [1.54, 1.807) is 13.8 Å². The van der Waals surface area contributed by atoms with Crippen molar-refractivity contribution in [1.29, 1.82) is 0 Å². The van der Waals surface area contributed by atoms with E-state index in [0.29, 0.717) is 30.5 Å². The first-order chi connectivity index (χ1) is 12.0. The number of aryl methyl sites for hydroxylation is 1. The Bertz CT molecular complexity index is 714. The molecule has 3 rings (SSSR count). The summed E-state index contributed by atoms with van der Waals surface area (Å²) in [7, 11) is 0. The molecule has 2 aliphatic heterocycles. The van der Waals surface area contributed by atoms with Crippen LogP contribution in [0.25, 0.3) is 0 Å². The second-order valence-electron chi connectivity index (χ2n) is 6.58. The fraction of sp³-hybridized carbons (Fsp3) is 0.474. The second-order valence-corrected chi connectivity index (χ2v) is 6.58. The van der Waals surface area contributed by atoms with Gasteiger partial charge in [-0.2, -0.15) is 0 Å². The molecule has 0 aromatic heterocycles. The molecule has 0 fully saturated rings. The van der Waals surface area contributed by atoms with Crippen LogP contribution in [0.2, 0.25) is 0 Å². The van der Waals surface area contributed by atoms with Crippen molar-refractivity contribution in [3.63, 3.8) is 0 Å². The van der Waals surface area contributed by atoms with Gasteiger partial charge in [-0.15, -0.1) is 0 Å². The molecule has 2 amide bonds. The number of benzene rings is 1. The number of nitrogens with one attached hydrogen (secondary N) is 2. The summed E-state index contributed by atoms with van der Waals surface area (Å²) in [5.41, 5.74) is 3.58. The zero-order valence-corrected chi connectivity index (χ0v) is 15.0. The van der Waals surface area contributed by atoms with Gasteiger partial charge in [0, 0.05) is 11.7 Å². The van der Waals surface area contributed by atoms with Crippen LogP contribution in [0.15, 0.2) is 35.5 Å². The summed E-state index contributed by atoms with van der Waals surface area (Å²) in [6.45, 7) is 6.54. The van der Waals surface area contributed by atoms with Gasteiger partial charge in [-0.1, -0.05) is 18.2 Å². The fourth-order valence-electron chi connectivity index (χ4n) is 3.58. The Morgan fingerprint density at radius 2 is 2.08 bits per heavy atom. The van der Waals surface area contributed by atoms with Crippen LogP contribution in [-0.4, -0.2) is 37.2 Å². The van der Waals surface area contributed by atoms with Crippen LogP contribution < -0.4 is 15.5 Å². The van der Waals surface area contributed by atoms with E-state index in [2.05, 4.69) is 34.6 Å². The highest BCUT2D eigenvalue weighted by molar-refractivity contribution is 5.95. The molecule has 2 atom stereocenters. The smallest absolute Gasteiger partial charge is 0.337 e. The molecule has 1 aromatic carbocycles. The zero-order valence-electron chi connectivity index (χ0n) is 15.0. The molecular formula is C19H25N3O3. The number of amides is 2. The number of urea groups is 1. The Hall–Kier alpha value is -2.50. The van der Waals surface area contributed by atoms with Gasteiger partial charge in [0.05, 0.1) is 30.5 Å². The SMILES string of the molecule is CCOC(=O)C1=C(CN2c3ccccc3CC[C@@H]2C)NC(=O)N[C@@H]1C. The van der Waals surface area contributed by atoms with Crippen molar-refractivity contribution in [2.45, 2.75) is 45.7 Å². The van der Waals surface area contributed by atoms with E-state index in [-0.39, 0.29) is 18.0 Å². The van der Waals surface area contributed by atoms with Gasteiger partial charge in [-0.25, -0.2) is 9.59 Å². The van der Waals surface area contributed by atoms with Gasteiger partial charge in [-0.3, -0.25) is 0 Å². The highest BCUT2D eigenvalue weighted by Crippen LogP contribution is 2.31. The summed E-state index contributed by atoms with van der Waals surface area (Å²) in [5.74, 6) is -0.379. The Kier molecular flexibility index (Phi) is 4.97. The minimum Gasteiger partial charge on any atom is -0.463 e. The number of carbonyl (C=O) groups is 2. The molecule has 0 saturated carbocycles. The van der Waals surface area contributed by atoms with Crippen LogP contribution >= 0.6 is 0 Å². The molecule has 2 heterocycles. The molecule has 6 heteroatoms. The fourth-order valence-corrected chi connectivity index (χ4v) is 3.58. The lowest BCUT2D eigenvalue weighted by atomic mass is 9.95. The van der Waals surface area contributed by atoms with Gasteiger partial charge < -0.3 is 20.3 Å². The van der Waals surface area contributed by atoms with Crippen molar-refractivity contribution >= 4 is 17.7 Å². The number of anilines is 1. The standard InChI is InChI=1S/C19H25N3O3/c1-4-25-18(23)17-13(3)20-19(24)21-15(17)11-22-12(2)9-10-14-7-5-6-8-16(14)22/h5-8,12-13H,4,9-11H2,1-3H3,(H2,20,21,24)/t12-,13+/m0/s1. The minimum atomic E-state index is -0.379. The molecule has 0 aliphatic carbocycles. The lowest BCUT2D eigenvalue weighted by Gasteiger charge is -2.39. The number of hydrogen-bond acceptors (Lipinski definition) is 4. The molecule has 6 nitrogen and oxygen atoms in total. The van der Waals surface area contributed by atoms with Gasteiger partial charge in [0.25, 0.3) is 0 Å². The van der Waals surface area contributed by atoms with Crippen molar-refractivity contribution in [3.05, 3.63) is 41.1 Å². The minimum absolute atomic E-state index is 0.284. The third-order valence-corrected chi connectivity index (χ3v) is 4.86. The first kappa shape index (κ1) is 17.3. The molecule has 1 aromatic rings. The molecule has 134 valence electrons. The molecule has 2 aliphatic rings. The molecule has 0 saturated heterocycles. The van der Waals surface area contributed by atoms with Gasteiger partial charge in [-0.05, 0) is 45.2 Å². The van der Waals surface area contributed by atoms with Gasteiger partial charge in [0.2, 0.25) is 0 Å². The Morgan fingerprint density at radius 3 is 2.84 bits per heavy atom. The Labute approximate surface area is 148 Å². The number of carbonyl (C=O) groups excluding carboxylic acids is 2. The van der Waals surface area contributed by atoms with E-state index in [1.807, 2.05) is 12.1 Å². The quantitative estimate of drug-likeness (QED) is 0.823. The van der Waals surface area contributed by atoms with Crippen molar-refractivity contribution in [2.75, 3.05) is 18.1 Å². The topological polar surface area (TPSA) is 70.7 Å². The highest BCUT2D eigenvalue weighted by atomic mass is 16.5. The summed E-state index contributed by atoms with van der Waals surface area (Å²) in [4.78, 5) is 26.6. The lowest BCUT2D eigenvalue weighted by molar-refractivity contribution is -0.139. The number of fused-ring (bicyclic) bond motifs is 1. The van der Waals surface area contributed by atoms with Crippen molar-refractivity contribution in [3.8, 4) is 0 Å². The number of rotatable bonds is 4. The monoisotopic (exact) mass is 343 g/mol. The van der Waals surface area contributed by atoms with E-state index >= 15 is 0 Å². The Balaban J connectivity index is 1.96. The lowest BCUT2D eigenvalue weighted by Crippen LogP contribution is -2.52. The Morgan fingerprint density at radius 1 is 1.32 bits per heavy atom.